The molecule has 1 amide bonds. The molecule has 1 aromatic heterocycles. The first kappa shape index (κ1) is 14.1. The highest BCUT2D eigenvalue weighted by molar-refractivity contribution is 5.92. The third-order valence-electron chi connectivity index (χ3n) is 3.38. The minimum absolute atomic E-state index is 0.0189. The molecule has 0 saturated carbocycles. The lowest BCUT2D eigenvalue weighted by Crippen LogP contribution is -2.14. The highest BCUT2D eigenvalue weighted by Gasteiger charge is 2.05. The lowest BCUT2D eigenvalue weighted by molar-refractivity contribution is -0.115. The summed E-state index contributed by atoms with van der Waals surface area (Å²) >= 11 is 0. The predicted molar refractivity (Wildman–Crippen MR) is 87.5 cm³/mol. The van der Waals surface area contributed by atoms with Crippen LogP contribution in [0.4, 0.5) is 5.69 Å². The number of carbonyl (C=O) groups is 1. The number of nitrogens with zero attached hydrogens (tertiary/aromatic N) is 1. The van der Waals surface area contributed by atoms with Crippen molar-refractivity contribution in [1.82, 2.24) is 10.2 Å². The zero-order chi connectivity index (χ0) is 15.4. The summed E-state index contributed by atoms with van der Waals surface area (Å²) in [6, 6.07) is 19.4. The van der Waals surface area contributed by atoms with E-state index in [4.69, 9.17) is 0 Å². The van der Waals surface area contributed by atoms with Crippen molar-refractivity contribution in [3.05, 3.63) is 71.9 Å². The molecule has 0 saturated heterocycles. The summed E-state index contributed by atoms with van der Waals surface area (Å²) in [4.78, 5) is 12.0. The standard InChI is InChI=1S/C18H17N3O/c1-13-11-17(21-20-13)15-7-9-16(10-8-15)19-18(22)12-14-5-3-2-4-6-14/h2-11H,12H2,1H3,(H,19,22)(H,20,21). The first-order chi connectivity index (χ1) is 10.7. The van der Waals surface area contributed by atoms with Crippen molar-refractivity contribution >= 4 is 11.6 Å². The van der Waals surface area contributed by atoms with Crippen LogP contribution < -0.4 is 5.32 Å². The van der Waals surface area contributed by atoms with E-state index >= 15 is 0 Å². The molecule has 1 heterocycles. The van der Waals surface area contributed by atoms with Crippen molar-refractivity contribution in [1.29, 1.82) is 0 Å². The molecule has 0 unspecified atom stereocenters. The highest BCUT2D eigenvalue weighted by atomic mass is 16.1. The number of hydrogen-bond acceptors (Lipinski definition) is 2. The second-order valence-corrected chi connectivity index (χ2v) is 5.22. The van der Waals surface area contributed by atoms with Crippen LogP contribution in [-0.4, -0.2) is 16.1 Å². The van der Waals surface area contributed by atoms with Gasteiger partial charge in [-0.3, -0.25) is 9.89 Å². The number of aromatic nitrogens is 2. The summed E-state index contributed by atoms with van der Waals surface area (Å²) in [6.45, 7) is 1.97. The average Bonchev–Trinajstić information content (AvgIpc) is 2.95. The maximum Gasteiger partial charge on any atom is 0.228 e. The maximum atomic E-state index is 12.0. The Hall–Kier alpha value is -2.88. The fourth-order valence-electron chi connectivity index (χ4n) is 2.28. The van der Waals surface area contributed by atoms with Crippen LogP contribution >= 0.6 is 0 Å². The number of nitrogens with one attached hydrogen (secondary N) is 2. The molecule has 110 valence electrons. The van der Waals surface area contributed by atoms with Crippen LogP contribution in [0.1, 0.15) is 11.3 Å². The van der Waals surface area contributed by atoms with E-state index in [1.165, 1.54) is 0 Å². The average molecular weight is 291 g/mol. The van der Waals surface area contributed by atoms with Gasteiger partial charge in [-0.2, -0.15) is 5.10 Å². The summed E-state index contributed by atoms with van der Waals surface area (Å²) in [5.41, 5.74) is 4.74. The fourth-order valence-corrected chi connectivity index (χ4v) is 2.28. The Balaban J connectivity index is 1.65. The molecule has 3 rings (SSSR count). The Morgan fingerprint density at radius 2 is 1.82 bits per heavy atom. The Morgan fingerprint density at radius 1 is 1.09 bits per heavy atom. The Morgan fingerprint density at radius 3 is 2.45 bits per heavy atom. The Labute approximate surface area is 129 Å². The molecule has 0 atom stereocenters. The molecule has 0 aliphatic heterocycles. The Kier molecular flexibility index (Phi) is 4.01. The first-order valence-electron chi connectivity index (χ1n) is 7.17. The summed E-state index contributed by atoms with van der Waals surface area (Å²) in [5, 5.41) is 10.0. The van der Waals surface area contributed by atoms with Crippen molar-refractivity contribution in [2.45, 2.75) is 13.3 Å². The predicted octanol–water partition coefficient (Wildman–Crippen LogP) is 3.57. The number of aryl methyl sites for hydroxylation is 1. The zero-order valence-corrected chi connectivity index (χ0v) is 12.3. The number of anilines is 1. The first-order valence-corrected chi connectivity index (χ1v) is 7.17. The molecular formula is C18H17N3O. The van der Waals surface area contributed by atoms with Crippen molar-refractivity contribution in [2.24, 2.45) is 0 Å². The van der Waals surface area contributed by atoms with Gasteiger partial charge in [0.15, 0.2) is 0 Å². The molecular weight excluding hydrogens is 274 g/mol. The second-order valence-electron chi connectivity index (χ2n) is 5.22. The quantitative estimate of drug-likeness (QED) is 0.772. The molecule has 0 aliphatic carbocycles. The van der Waals surface area contributed by atoms with Crippen molar-refractivity contribution in [3.63, 3.8) is 0 Å². The van der Waals surface area contributed by atoms with Gasteiger partial charge in [-0.25, -0.2) is 0 Å². The van der Waals surface area contributed by atoms with Gasteiger partial charge in [0.25, 0.3) is 0 Å². The van der Waals surface area contributed by atoms with Gasteiger partial charge in [0, 0.05) is 16.9 Å². The lowest BCUT2D eigenvalue weighted by atomic mass is 10.1. The van der Waals surface area contributed by atoms with Crippen LogP contribution in [0.3, 0.4) is 0 Å². The second kappa shape index (κ2) is 6.26. The third kappa shape index (κ3) is 3.41. The fraction of sp³-hybridized carbons (Fsp3) is 0.111. The van der Waals surface area contributed by atoms with E-state index in [1.807, 2.05) is 67.6 Å². The molecule has 4 nitrogen and oxygen atoms in total. The number of carbonyl (C=O) groups excluding carboxylic acids is 1. The number of H-pyrrole nitrogens is 1. The highest BCUT2D eigenvalue weighted by Crippen LogP contribution is 2.20. The number of aromatic amines is 1. The topological polar surface area (TPSA) is 57.8 Å². The molecule has 0 bridgehead atoms. The van der Waals surface area contributed by atoms with E-state index in [-0.39, 0.29) is 5.91 Å². The van der Waals surface area contributed by atoms with Gasteiger partial charge >= 0.3 is 0 Å². The molecule has 22 heavy (non-hydrogen) atoms. The SMILES string of the molecule is Cc1cc(-c2ccc(NC(=O)Cc3ccccc3)cc2)n[nH]1. The van der Waals surface area contributed by atoms with Gasteiger partial charge in [-0.15, -0.1) is 0 Å². The molecule has 3 aromatic rings. The van der Waals surface area contributed by atoms with E-state index in [9.17, 15) is 4.79 Å². The van der Waals surface area contributed by atoms with Crippen LogP contribution in [0.15, 0.2) is 60.7 Å². The van der Waals surface area contributed by atoms with Crippen LogP contribution in [0.2, 0.25) is 0 Å². The van der Waals surface area contributed by atoms with E-state index in [0.29, 0.717) is 6.42 Å². The molecule has 0 fully saturated rings. The monoisotopic (exact) mass is 291 g/mol. The summed E-state index contributed by atoms with van der Waals surface area (Å²) < 4.78 is 0. The van der Waals surface area contributed by atoms with E-state index < -0.39 is 0 Å². The largest absolute Gasteiger partial charge is 0.326 e. The zero-order valence-electron chi connectivity index (χ0n) is 12.3. The van der Waals surface area contributed by atoms with E-state index in [1.54, 1.807) is 0 Å². The lowest BCUT2D eigenvalue weighted by Gasteiger charge is -2.06. The van der Waals surface area contributed by atoms with Crippen molar-refractivity contribution in [3.8, 4) is 11.3 Å². The Bertz CT molecular complexity index is 761. The smallest absolute Gasteiger partial charge is 0.228 e. The maximum absolute atomic E-state index is 12.0. The van der Waals surface area contributed by atoms with Crippen LogP contribution in [0, 0.1) is 6.92 Å². The summed E-state index contributed by atoms with van der Waals surface area (Å²) in [7, 11) is 0. The van der Waals surface area contributed by atoms with Crippen molar-refractivity contribution in [2.75, 3.05) is 5.32 Å². The van der Waals surface area contributed by atoms with Gasteiger partial charge < -0.3 is 5.32 Å². The van der Waals surface area contributed by atoms with Gasteiger partial charge in [0.05, 0.1) is 12.1 Å². The number of benzene rings is 2. The van der Waals surface area contributed by atoms with E-state index in [0.717, 1.165) is 28.2 Å². The number of amides is 1. The summed E-state index contributed by atoms with van der Waals surface area (Å²) in [5.74, 6) is -0.0189. The van der Waals surface area contributed by atoms with Gasteiger partial charge in [0.1, 0.15) is 0 Å². The molecule has 4 heteroatoms. The minimum Gasteiger partial charge on any atom is -0.326 e. The molecule has 2 aromatic carbocycles. The van der Waals surface area contributed by atoms with Crippen LogP contribution in [0.5, 0.6) is 0 Å². The van der Waals surface area contributed by atoms with Crippen LogP contribution in [-0.2, 0) is 11.2 Å². The summed E-state index contributed by atoms with van der Waals surface area (Å²) in [6.07, 6.45) is 0.376. The van der Waals surface area contributed by atoms with Crippen molar-refractivity contribution < 1.29 is 4.79 Å². The van der Waals surface area contributed by atoms with Gasteiger partial charge in [-0.05, 0) is 30.7 Å². The third-order valence-corrected chi connectivity index (χ3v) is 3.38. The molecule has 0 radical (unpaired) electrons. The minimum atomic E-state index is -0.0189. The van der Waals surface area contributed by atoms with Crippen LogP contribution in [0.25, 0.3) is 11.3 Å². The molecule has 0 aliphatic rings. The number of rotatable bonds is 4. The molecule has 2 N–H and O–H groups in total. The van der Waals surface area contributed by atoms with Gasteiger partial charge in [-0.1, -0.05) is 42.5 Å². The number of hydrogen-bond donors (Lipinski definition) is 2. The van der Waals surface area contributed by atoms with E-state index in [2.05, 4.69) is 15.5 Å². The molecule has 0 spiro atoms. The van der Waals surface area contributed by atoms with Gasteiger partial charge in [0.2, 0.25) is 5.91 Å². The normalized spacial score (nSPS) is 10.4.